The van der Waals surface area contributed by atoms with Gasteiger partial charge in [-0.25, -0.2) is 0 Å². The second-order valence-electron chi connectivity index (χ2n) is 6.54. The Kier molecular flexibility index (Phi) is 5.07. The molecule has 0 aliphatic carbocycles. The van der Waals surface area contributed by atoms with E-state index < -0.39 is 10.1 Å². The van der Waals surface area contributed by atoms with Crippen LogP contribution in [0.1, 0.15) is 12.7 Å². The van der Waals surface area contributed by atoms with Gasteiger partial charge in [-0.05, 0) is 73.7 Å². The second-order valence-corrected chi connectivity index (χ2v) is 8.40. The Labute approximate surface area is 177 Å². The van der Waals surface area contributed by atoms with Crippen molar-refractivity contribution in [3.8, 4) is 11.3 Å². The highest BCUT2D eigenvalue weighted by Crippen LogP contribution is 2.28. The van der Waals surface area contributed by atoms with Crippen molar-refractivity contribution in [2.45, 2.75) is 11.8 Å². The first-order chi connectivity index (χ1) is 14.2. The molecule has 4 rings (SSSR count). The van der Waals surface area contributed by atoms with Gasteiger partial charge in [-0.1, -0.05) is 11.6 Å². The fraction of sp³-hybridized carbons (Fsp3) is 0.0476. The predicted octanol–water partition coefficient (Wildman–Crippen LogP) is 4.65. The molecule has 0 saturated heterocycles. The van der Waals surface area contributed by atoms with Crippen LogP contribution in [0.4, 0.5) is 5.69 Å². The molecular formula is C21H15ClN2O5S. The van der Waals surface area contributed by atoms with Crippen LogP contribution in [0.15, 0.2) is 80.7 Å². The van der Waals surface area contributed by atoms with Crippen LogP contribution in [0.5, 0.6) is 0 Å². The number of hydrogen-bond donors (Lipinski definition) is 1. The van der Waals surface area contributed by atoms with Gasteiger partial charge in [-0.2, -0.15) is 18.5 Å². The van der Waals surface area contributed by atoms with Crippen LogP contribution in [0.25, 0.3) is 17.4 Å². The third kappa shape index (κ3) is 3.93. The average molecular weight is 443 g/mol. The highest BCUT2D eigenvalue weighted by molar-refractivity contribution is 7.85. The molecule has 0 unspecified atom stereocenters. The standard InChI is InChI=1S/C21H15ClN2O5S/c1-13-19(12-17-8-11-20(29-17)14-2-4-15(22)5-3-14)21(25)24(23-13)16-6-9-18(10-7-16)30(26,27)28/h2-12H,1H3,(H,26,27,28). The monoisotopic (exact) mass is 442 g/mol. The van der Waals surface area contributed by atoms with Crippen molar-refractivity contribution in [3.05, 3.63) is 77.0 Å². The number of carbonyl (C=O) groups excluding carboxylic acids is 1. The summed E-state index contributed by atoms with van der Waals surface area (Å²) in [5.74, 6) is 0.745. The number of amides is 1. The van der Waals surface area contributed by atoms with Crippen molar-refractivity contribution in [2.24, 2.45) is 5.10 Å². The molecule has 0 spiro atoms. The molecule has 0 fully saturated rings. The van der Waals surface area contributed by atoms with Crippen molar-refractivity contribution in [2.75, 3.05) is 5.01 Å². The van der Waals surface area contributed by atoms with E-state index in [9.17, 15) is 13.2 Å². The van der Waals surface area contributed by atoms with Gasteiger partial charge in [0, 0.05) is 10.6 Å². The molecule has 0 radical (unpaired) electrons. The number of hydrogen-bond acceptors (Lipinski definition) is 5. The van der Waals surface area contributed by atoms with E-state index in [1.807, 2.05) is 12.1 Å². The van der Waals surface area contributed by atoms with E-state index in [-0.39, 0.29) is 10.8 Å². The molecule has 2 heterocycles. The fourth-order valence-corrected chi connectivity index (χ4v) is 3.57. The van der Waals surface area contributed by atoms with Gasteiger partial charge in [-0.15, -0.1) is 0 Å². The van der Waals surface area contributed by atoms with Crippen molar-refractivity contribution in [1.82, 2.24) is 0 Å². The first-order valence-electron chi connectivity index (χ1n) is 8.77. The molecule has 1 aliphatic rings. The van der Waals surface area contributed by atoms with Crippen LogP contribution in [-0.2, 0) is 14.9 Å². The topological polar surface area (TPSA) is 100 Å². The van der Waals surface area contributed by atoms with E-state index in [1.54, 1.807) is 37.3 Å². The second kappa shape index (κ2) is 7.56. The molecule has 2 aromatic carbocycles. The zero-order chi connectivity index (χ0) is 21.5. The first-order valence-corrected chi connectivity index (χ1v) is 10.6. The molecule has 9 heteroatoms. The lowest BCUT2D eigenvalue weighted by molar-refractivity contribution is -0.114. The molecule has 1 aromatic heterocycles. The summed E-state index contributed by atoms with van der Waals surface area (Å²) in [7, 11) is -4.31. The van der Waals surface area contributed by atoms with Crippen LogP contribution in [0.2, 0.25) is 5.02 Å². The van der Waals surface area contributed by atoms with E-state index >= 15 is 0 Å². The summed E-state index contributed by atoms with van der Waals surface area (Å²) in [6, 6.07) is 15.9. The van der Waals surface area contributed by atoms with Gasteiger partial charge in [0.2, 0.25) is 0 Å². The molecule has 1 aliphatic heterocycles. The van der Waals surface area contributed by atoms with Gasteiger partial charge < -0.3 is 4.42 Å². The molecule has 0 atom stereocenters. The summed E-state index contributed by atoms with van der Waals surface area (Å²) in [6.45, 7) is 1.69. The average Bonchev–Trinajstić information content (AvgIpc) is 3.28. The van der Waals surface area contributed by atoms with Gasteiger partial charge in [0.05, 0.1) is 21.9 Å². The molecular weight excluding hydrogens is 428 g/mol. The minimum atomic E-state index is -4.31. The zero-order valence-electron chi connectivity index (χ0n) is 15.6. The Bertz CT molecular complexity index is 1290. The summed E-state index contributed by atoms with van der Waals surface area (Å²) >= 11 is 5.91. The number of anilines is 1. The molecule has 1 amide bonds. The van der Waals surface area contributed by atoms with E-state index in [1.165, 1.54) is 24.3 Å². The number of carbonyl (C=O) groups is 1. The number of rotatable bonds is 4. The summed E-state index contributed by atoms with van der Waals surface area (Å²) < 4.78 is 37.3. The molecule has 152 valence electrons. The third-order valence-electron chi connectivity index (χ3n) is 4.48. The highest BCUT2D eigenvalue weighted by Gasteiger charge is 2.29. The van der Waals surface area contributed by atoms with E-state index in [2.05, 4.69) is 5.10 Å². The normalized spacial score (nSPS) is 15.7. The quantitative estimate of drug-likeness (QED) is 0.468. The molecule has 0 bridgehead atoms. The molecule has 1 N–H and O–H groups in total. The Balaban J connectivity index is 1.59. The van der Waals surface area contributed by atoms with Crippen molar-refractivity contribution in [1.29, 1.82) is 0 Å². The fourth-order valence-electron chi connectivity index (χ4n) is 2.96. The third-order valence-corrected chi connectivity index (χ3v) is 5.60. The van der Waals surface area contributed by atoms with Gasteiger partial charge in [-0.3, -0.25) is 9.35 Å². The molecule has 3 aromatic rings. The van der Waals surface area contributed by atoms with Crippen LogP contribution >= 0.6 is 11.6 Å². The Morgan fingerprint density at radius 2 is 1.70 bits per heavy atom. The number of benzene rings is 2. The summed E-state index contributed by atoms with van der Waals surface area (Å²) in [5.41, 5.74) is 2.07. The van der Waals surface area contributed by atoms with Crippen molar-refractivity contribution in [3.63, 3.8) is 0 Å². The minimum Gasteiger partial charge on any atom is -0.457 e. The zero-order valence-corrected chi connectivity index (χ0v) is 17.2. The van der Waals surface area contributed by atoms with E-state index in [0.29, 0.717) is 33.5 Å². The summed E-state index contributed by atoms with van der Waals surface area (Å²) in [5, 5.41) is 6.04. The first kappa shape index (κ1) is 20.1. The molecule has 0 saturated carbocycles. The lowest BCUT2D eigenvalue weighted by atomic mass is 10.1. The van der Waals surface area contributed by atoms with Crippen molar-refractivity contribution >= 4 is 45.1 Å². The number of furan rings is 1. The van der Waals surface area contributed by atoms with Crippen LogP contribution in [0, 0.1) is 0 Å². The number of halogens is 1. The van der Waals surface area contributed by atoms with Crippen LogP contribution in [0.3, 0.4) is 0 Å². The molecule has 30 heavy (non-hydrogen) atoms. The Hall–Kier alpha value is -3.20. The smallest absolute Gasteiger partial charge is 0.294 e. The van der Waals surface area contributed by atoms with Crippen LogP contribution < -0.4 is 5.01 Å². The Morgan fingerprint density at radius 3 is 2.33 bits per heavy atom. The van der Waals surface area contributed by atoms with Gasteiger partial charge in [0.1, 0.15) is 11.5 Å². The van der Waals surface area contributed by atoms with Crippen molar-refractivity contribution < 1.29 is 22.2 Å². The SMILES string of the molecule is CC1=NN(c2ccc(S(=O)(=O)O)cc2)C(=O)C1=Cc1ccc(-c2ccc(Cl)cc2)o1. The number of nitrogens with zero attached hydrogens (tertiary/aromatic N) is 2. The van der Waals surface area contributed by atoms with Gasteiger partial charge in [0.15, 0.2) is 0 Å². The maximum atomic E-state index is 12.8. The maximum Gasteiger partial charge on any atom is 0.294 e. The molecule has 7 nitrogen and oxygen atoms in total. The van der Waals surface area contributed by atoms with E-state index in [0.717, 1.165) is 10.6 Å². The van der Waals surface area contributed by atoms with Gasteiger partial charge >= 0.3 is 0 Å². The van der Waals surface area contributed by atoms with Gasteiger partial charge in [0.25, 0.3) is 16.0 Å². The minimum absolute atomic E-state index is 0.264. The van der Waals surface area contributed by atoms with Crippen LogP contribution in [-0.4, -0.2) is 24.6 Å². The maximum absolute atomic E-state index is 12.8. The number of hydrazone groups is 1. The predicted molar refractivity (Wildman–Crippen MR) is 114 cm³/mol. The highest BCUT2D eigenvalue weighted by atomic mass is 35.5. The summed E-state index contributed by atoms with van der Waals surface area (Å²) in [4.78, 5) is 12.6. The Morgan fingerprint density at radius 1 is 1.03 bits per heavy atom. The largest absolute Gasteiger partial charge is 0.457 e. The summed E-state index contributed by atoms with van der Waals surface area (Å²) in [6.07, 6.45) is 1.60. The van der Waals surface area contributed by atoms with E-state index in [4.69, 9.17) is 20.6 Å². The lowest BCUT2D eigenvalue weighted by Crippen LogP contribution is -2.21. The lowest BCUT2D eigenvalue weighted by Gasteiger charge is -2.11.